The van der Waals surface area contributed by atoms with Gasteiger partial charge in [0.05, 0.1) is 5.56 Å². The van der Waals surface area contributed by atoms with Crippen molar-refractivity contribution in [1.82, 2.24) is 9.55 Å². The van der Waals surface area contributed by atoms with Gasteiger partial charge in [0.25, 0.3) is 0 Å². The topological polar surface area (TPSA) is 55.1 Å². The van der Waals surface area contributed by atoms with Gasteiger partial charge in [-0.1, -0.05) is 0 Å². The van der Waals surface area contributed by atoms with Crippen LogP contribution in [0, 0.1) is 0 Å². The number of hydrogen-bond donors (Lipinski definition) is 1. The maximum Gasteiger partial charge on any atom is 0.337 e. The van der Waals surface area contributed by atoms with Gasteiger partial charge in [-0.2, -0.15) is 0 Å². The van der Waals surface area contributed by atoms with Crippen LogP contribution in [0.15, 0.2) is 22.9 Å². The molecule has 0 fully saturated rings. The van der Waals surface area contributed by atoms with Gasteiger partial charge in [-0.15, -0.1) is 0 Å². The van der Waals surface area contributed by atoms with Gasteiger partial charge >= 0.3 is 5.97 Å². The molecule has 0 aliphatic heterocycles. The number of nitrogens with zero attached hydrogens (tertiary/aromatic N) is 2. The Morgan fingerprint density at radius 3 is 3.00 bits per heavy atom. The van der Waals surface area contributed by atoms with E-state index in [1.54, 1.807) is 30.1 Å². The molecule has 14 heavy (non-hydrogen) atoms. The van der Waals surface area contributed by atoms with Crippen molar-refractivity contribution in [1.29, 1.82) is 0 Å². The van der Waals surface area contributed by atoms with E-state index in [1.165, 1.54) is 0 Å². The van der Waals surface area contributed by atoms with Crippen LogP contribution in [0.2, 0.25) is 0 Å². The zero-order valence-corrected chi connectivity index (χ0v) is 8.95. The Hall–Kier alpha value is -1.36. The first-order valence-corrected chi connectivity index (χ1v) is 4.73. The van der Waals surface area contributed by atoms with Gasteiger partial charge in [-0.3, -0.25) is 0 Å². The van der Waals surface area contributed by atoms with E-state index < -0.39 is 5.97 Å². The fraction of sp³-hybridized carbons (Fsp3) is 0.111. The number of rotatable bonds is 1. The minimum Gasteiger partial charge on any atom is -0.478 e. The number of carboxylic acids is 1. The lowest BCUT2D eigenvalue weighted by Crippen LogP contribution is -1.94. The summed E-state index contributed by atoms with van der Waals surface area (Å²) in [6.07, 6.45) is 3.20. The van der Waals surface area contributed by atoms with Crippen LogP contribution in [0.25, 0.3) is 11.0 Å². The number of aromatic nitrogens is 2. The molecule has 0 radical (unpaired) electrons. The van der Waals surface area contributed by atoms with E-state index in [9.17, 15) is 4.79 Å². The third kappa shape index (κ3) is 1.21. The van der Waals surface area contributed by atoms with E-state index in [-0.39, 0.29) is 5.56 Å². The van der Waals surface area contributed by atoms with Crippen molar-refractivity contribution in [2.75, 3.05) is 0 Å². The molecule has 2 aromatic rings. The summed E-state index contributed by atoms with van der Waals surface area (Å²) >= 11 is 3.31. The van der Waals surface area contributed by atoms with Gasteiger partial charge in [0, 0.05) is 29.3 Å². The molecule has 0 saturated heterocycles. The summed E-state index contributed by atoms with van der Waals surface area (Å²) in [7, 11) is 1.77. The van der Waals surface area contributed by atoms with Crippen molar-refractivity contribution in [2.45, 2.75) is 0 Å². The van der Waals surface area contributed by atoms with Gasteiger partial charge in [0.2, 0.25) is 0 Å². The fourth-order valence-electron chi connectivity index (χ4n) is 1.43. The first-order valence-electron chi connectivity index (χ1n) is 3.94. The molecule has 2 heterocycles. The molecule has 1 N–H and O–H groups in total. The number of aromatic carboxylic acids is 1. The van der Waals surface area contributed by atoms with Crippen LogP contribution in [0.1, 0.15) is 10.4 Å². The second kappa shape index (κ2) is 3.09. The van der Waals surface area contributed by atoms with Crippen molar-refractivity contribution >= 4 is 32.9 Å². The second-order valence-corrected chi connectivity index (χ2v) is 3.80. The number of carboxylic acid groups (broad SMARTS) is 1. The highest BCUT2D eigenvalue weighted by atomic mass is 79.9. The zero-order valence-electron chi connectivity index (χ0n) is 7.36. The van der Waals surface area contributed by atoms with Crippen LogP contribution in [0.5, 0.6) is 0 Å². The molecule has 0 bridgehead atoms. The summed E-state index contributed by atoms with van der Waals surface area (Å²) in [6.45, 7) is 0. The molecule has 0 aliphatic rings. The molecule has 0 atom stereocenters. The molecule has 2 aromatic heterocycles. The Kier molecular flexibility index (Phi) is 2.03. The summed E-state index contributed by atoms with van der Waals surface area (Å²) in [5, 5.41) is 9.60. The van der Waals surface area contributed by atoms with Crippen molar-refractivity contribution in [3.05, 3.63) is 28.5 Å². The first-order chi connectivity index (χ1) is 6.61. The minimum atomic E-state index is -0.940. The highest BCUT2D eigenvalue weighted by molar-refractivity contribution is 9.10. The van der Waals surface area contributed by atoms with E-state index in [1.807, 2.05) is 0 Å². The smallest absolute Gasteiger partial charge is 0.337 e. The third-order valence-electron chi connectivity index (χ3n) is 2.04. The first kappa shape index (κ1) is 9.21. The van der Waals surface area contributed by atoms with Crippen LogP contribution in [-0.2, 0) is 7.05 Å². The predicted molar refractivity (Wildman–Crippen MR) is 55.4 cm³/mol. The SMILES string of the molecule is Cn1cc(C(=O)O)c2c(Br)ccnc21. The van der Waals surface area contributed by atoms with Gasteiger partial charge in [0.1, 0.15) is 5.65 Å². The highest BCUT2D eigenvalue weighted by Gasteiger charge is 2.15. The molecular formula is C9H7BrN2O2. The molecule has 0 aromatic carbocycles. The molecular weight excluding hydrogens is 248 g/mol. The van der Waals surface area contributed by atoms with Crippen molar-refractivity contribution < 1.29 is 9.90 Å². The predicted octanol–water partition coefficient (Wildman–Crippen LogP) is 2.03. The Morgan fingerprint density at radius 2 is 2.36 bits per heavy atom. The Morgan fingerprint density at radius 1 is 1.64 bits per heavy atom. The van der Waals surface area contributed by atoms with E-state index in [2.05, 4.69) is 20.9 Å². The summed E-state index contributed by atoms with van der Waals surface area (Å²) in [4.78, 5) is 15.0. The molecule has 0 saturated carbocycles. The number of hydrogen-bond acceptors (Lipinski definition) is 2. The molecule has 0 amide bonds. The second-order valence-electron chi connectivity index (χ2n) is 2.95. The monoisotopic (exact) mass is 254 g/mol. The molecule has 0 spiro atoms. The number of aryl methyl sites for hydroxylation is 1. The molecule has 0 unspecified atom stereocenters. The lowest BCUT2D eigenvalue weighted by atomic mass is 10.2. The van der Waals surface area contributed by atoms with Gasteiger partial charge in [0.15, 0.2) is 0 Å². The molecule has 0 aliphatic carbocycles. The average Bonchev–Trinajstić information content (AvgIpc) is 2.46. The van der Waals surface area contributed by atoms with Crippen molar-refractivity contribution in [2.24, 2.45) is 7.05 Å². The number of fused-ring (bicyclic) bond motifs is 1. The fourth-order valence-corrected chi connectivity index (χ4v) is 1.94. The summed E-state index contributed by atoms with van der Waals surface area (Å²) in [6, 6.07) is 1.73. The van der Waals surface area contributed by atoms with Gasteiger partial charge in [-0.25, -0.2) is 9.78 Å². The lowest BCUT2D eigenvalue weighted by Gasteiger charge is -1.95. The normalized spacial score (nSPS) is 10.7. The Bertz CT molecular complexity index is 519. The number of pyridine rings is 1. The summed E-state index contributed by atoms with van der Waals surface area (Å²) in [5.74, 6) is -0.940. The zero-order chi connectivity index (χ0) is 10.3. The minimum absolute atomic E-state index is 0.266. The maximum atomic E-state index is 10.9. The average molecular weight is 255 g/mol. The largest absolute Gasteiger partial charge is 0.478 e. The Balaban J connectivity index is 2.93. The van der Waals surface area contributed by atoms with E-state index in [4.69, 9.17) is 5.11 Å². The number of halogens is 1. The quantitative estimate of drug-likeness (QED) is 0.848. The molecule has 4 nitrogen and oxygen atoms in total. The number of carbonyl (C=O) groups is 1. The molecule has 72 valence electrons. The van der Waals surface area contributed by atoms with Crippen LogP contribution in [-0.4, -0.2) is 20.6 Å². The summed E-state index contributed by atoms with van der Waals surface area (Å²) < 4.78 is 2.45. The standard InChI is InChI=1S/C9H7BrN2O2/c1-12-4-5(9(13)14)7-6(10)2-3-11-8(7)12/h2-4H,1H3,(H,13,14). The van der Waals surface area contributed by atoms with E-state index >= 15 is 0 Å². The van der Waals surface area contributed by atoms with E-state index in [0.717, 1.165) is 4.47 Å². The maximum absolute atomic E-state index is 10.9. The van der Waals surface area contributed by atoms with Crippen LogP contribution in [0.4, 0.5) is 0 Å². The lowest BCUT2D eigenvalue weighted by molar-refractivity contribution is 0.0699. The summed E-state index contributed by atoms with van der Waals surface area (Å²) in [5.41, 5.74) is 0.930. The third-order valence-corrected chi connectivity index (χ3v) is 2.70. The van der Waals surface area contributed by atoms with Crippen molar-refractivity contribution in [3.63, 3.8) is 0 Å². The molecule has 2 rings (SSSR count). The van der Waals surface area contributed by atoms with E-state index in [0.29, 0.717) is 11.0 Å². The Labute approximate surface area is 88.3 Å². The van der Waals surface area contributed by atoms with Gasteiger partial charge < -0.3 is 9.67 Å². The molecule has 5 heteroatoms. The van der Waals surface area contributed by atoms with Crippen molar-refractivity contribution in [3.8, 4) is 0 Å². The van der Waals surface area contributed by atoms with Gasteiger partial charge in [-0.05, 0) is 22.0 Å². The van der Waals surface area contributed by atoms with Crippen LogP contribution < -0.4 is 0 Å². The van der Waals surface area contributed by atoms with Crippen LogP contribution >= 0.6 is 15.9 Å². The highest BCUT2D eigenvalue weighted by Crippen LogP contribution is 2.26. The van der Waals surface area contributed by atoms with Crippen LogP contribution in [0.3, 0.4) is 0 Å².